The Balaban J connectivity index is 1.74. The normalized spacial score (nSPS) is 23.7. The van der Waals surface area contributed by atoms with Crippen LogP contribution >= 0.6 is 0 Å². The summed E-state index contributed by atoms with van der Waals surface area (Å²) >= 11 is 0. The molecule has 25 heavy (non-hydrogen) atoms. The average Bonchev–Trinajstić information content (AvgIpc) is 2.59. The molecule has 0 spiro atoms. The van der Waals surface area contributed by atoms with Crippen molar-refractivity contribution in [2.45, 2.75) is 52.0 Å². The summed E-state index contributed by atoms with van der Waals surface area (Å²) in [5.41, 5.74) is 2.91. The third-order valence-electron chi connectivity index (χ3n) is 6.07. The van der Waals surface area contributed by atoms with Gasteiger partial charge in [0.05, 0.1) is 20.9 Å². The van der Waals surface area contributed by atoms with Gasteiger partial charge in [0.2, 0.25) is 0 Å². The number of halogens is 1. The van der Waals surface area contributed by atoms with E-state index in [1.807, 2.05) is 0 Å². The average molecular weight is 349 g/mol. The molecule has 2 aliphatic heterocycles. The number of alkyl halides is 1. The molecule has 0 amide bonds. The van der Waals surface area contributed by atoms with Crippen molar-refractivity contribution >= 4 is 0 Å². The largest absolute Gasteiger partial charge is 0.493 e. The van der Waals surface area contributed by atoms with E-state index in [9.17, 15) is 4.39 Å². The Bertz CT molecular complexity index is 602. The number of methoxy groups -OCH3 is 2. The molecule has 0 aromatic heterocycles. The van der Waals surface area contributed by atoms with Crippen molar-refractivity contribution in [1.29, 1.82) is 0 Å². The fraction of sp³-hybridized carbons (Fsp3) is 0.714. The molecule has 0 radical (unpaired) electrons. The summed E-state index contributed by atoms with van der Waals surface area (Å²) in [6.07, 6.45) is 5.27. The van der Waals surface area contributed by atoms with E-state index in [-0.39, 0.29) is 12.1 Å². The number of hydrogen-bond acceptors (Lipinski definition) is 3. The van der Waals surface area contributed by atoms with Crippen molar-refractivity contribution in [3.8, 4) is 11.5 Å². The predicted octanol–water partition coefficient (Wildman–Crippen LogP) is 4.79. The summed E-state index contributed by atoms with van der Waals surface area (Å²) in [6.45, 7) is 6.45. The molecule has 0 bridgehead atoms. The molecule has 3 rings (SSSR count). The van der Waals surface area contributed by atoms with Gasteiger partial charge in [-0.2, -0.15) is 0 Å². The summed E-state index contributed by atoms with van der Waals surface area (Å²) < 4.78 is 23.8. The lowest BCUT2D eigenvalue weighted by Gasteiger charge is -2.45. The first-order valence-corrected chi connectivity index (χ1v) is 9.52. The molecule has 1 fully saturated rings. The van der Waals surface area contributed by atoms with E-state index in [0.717, 1.165) is 37.4 Å². The Kier molecular flexibility index (Phi) is 5.57. The lowest BCUT2D eigenvalue weighted by atomic mass is 9.75. The molecule has 0 aliphatic carbocycles. The van der Waals surface area contributed by atoms with Crippen LogP contribution in [0.5, 0.6) is 11.5 Å². The molecule has 0 N–H and O–H groups in total. The standard InChI is InChI=1S/C21H32FNO2/c1-21(2,8-9-22)13-15-5-6-18-17-12-20(25-4)19(24-3)11-16(17)7-10-23(18)14-15/h11-12,15,18H,5-10,13-14H2,1-4H3. The molecule has 0 saturated carbocycles. The van der Waals surface area contributed by atoms with Crippen LogP contribution in [0.3, 0.4) is 0 Å². The minimum absolute atomic E-state index is 0.108. The number of hydrogen-bond donors (Lipinski definition) is 0. The Morgan fingerprint density at radius 1 is 1.16 bits per heavy atom. The van der Waals surface area contributed by atoms with E-state index in [4.69, 9.17) is 9.47 Å². The van der Waals surface area contributed by atoms with E-state index in [2.05, 4.69) is 30.9 Å². The van der Waals surface area contributed by atoms with E-state index in [1.54, 1.807) is 14.2 Å². The van der Waals surface area contributed by atoms with Crippen molar-refractivity contribution in [2.75, 3.05) is 34.0 Å². The third-order valence-corrected chi connectivity index (χ3v) is 6.07. The van der Waals surface area contributed by atoms with E-state index >= 15 is 0 Å². The van der Waals surface area contributed by atoms with Crippen LogP contribution in [-0.4, -0.2) is 38.9 Å². The van der Waals surface area contributed by atoms with Gasteiger partial charge in [0.1, 0.15) is 0 Å². The lowest BCUT2D eigenvalue weighted by Crippen LogP contribution is -2.43. The van der Waals surface area contributed by atoms with Gasteiger partial charge < -0.3 is 9.47 Å². The zero-order valence-corrected chi connectivity index (χ0v) is 16.1. The molecule has 1 saturated heterocycles. The molecular weight excluding hydrogens is 317 g/mol. The maximum Gasteiger partial charge on any atom is 0.161 e. The topological polar surface area (TPSA) is 21.7 Å². The summed E-state index contributed by atoms with van der Waals surface area (Å²) in [5.74, 6) is 2.34. The van der Waals surface area contributed by atoms with Crippen molar-refractivity contribution < 1.29 is 13.9 Å². The molecule has 1 aromatic carbocycles. The predicted molar refractivity (Wildman–Crippen MR) is 99.3 cm³/mol. The van der Waals surface area contributed by atoms with Crippen LogP contribution in [0.4, 0.5) is 4.39 Å². The first kappa shape index (κ1) is 18.5. The fourth-order valence-corrected chi connectivity index (χ4v) is 4.76. The van der Waals surface area contributed by atoms with Gasteiger partial charge in [0.15, 0.2) is 11.5 Å². The highest BCUT2D eigenvalue weighted by atomic mass is 19.1. The fourth-order valence-electron chi connectivity index (χ4n) is 4.76. The third kappa shape index (κ3) is 3.94. The smallest absolute Gasteiger partial charge is 0.161 e. The summed E-state index contributed by atoms with van der Waals surface area (Å²) in [4.78, 5) is 2.63. The molecule has 2 unspecified atom stereocenters. The van der Waals surface area contributed by atoms with Gasteiger partial charge in [-0.15, -0.1) is 0 Å². The van der Waals surface area contributed by atoms with Gasteiger partial charge in [-0.1, -0.05) is 13.8 Å². The Morgan fingerprint density at radius 3 is 2.56 bits per heavy atom. The monoisotopic (exact) mass is 349 g/mol. The second kappa shape index (κ2) is 7.53. The van der Waals surface area contributed by atoms with Crippen LogP contribution in [0.15, 0.2) is 12.1 Å². The maximum absolute atomic E-state index is 12.8. The molecule has 2 aliphatic rings. The highest BCUT2D eigenvalue weighted by molar-refractivity contribution is 5.49. The number of ether oxygens (including phenoxy) is 2. The number of benzene rings is 1. The molecule has 2 atom stereocenters. The first-order valence-electron chi connectivity index (χ1n) is 9.52. The molecule has 140 valence electrons. The molecular formula is C21H32FNO2. The SMILES string of the molecule is COc1cc2c(cc1OC)C1CCC(CC(C)(C)CCF)CN1CC2. The Hall–Kier alpha value is -1.29. The number of nitrogens with zero attached hydrogens (tertiary/aromatic N) is 1. The number of piperidine rings is 1. The molecule has 1 aromatic rings. The van der Waals surface area contributed by atoms with Crippen molar-refractivity contribution in [3.63, 3.8) is 0 Å². The highest BCUT2D eigenvalue weighted by Crippen LogP contribution is 2.44. The van der Waals surface area contributed by atoms with Crippen LogP contribution in [0.1, 0.15) is 56.7 Å². The van der Waals surface area contributed by atoms with Crippen LogP contribution in [-0.2, 0) is 6.42 Å². The van der Waals surface area contributed by atoms with Gasteiger partial charge in [0.25, 0.3) is 0 Å². The Morgan fingerprint density at radius 2 is 1.88 bits per heavy atom. The summed E-state index contributed by atoms with van der Waals surface area (Å²) in [5, 5.41) is 0. The van der Waals surface area contributed by atoms with Gasteiger partial charge in [-0.05, 0) is 66.7 Å². The minimum atomic E-state index is -0.207. The number of rotatable bonds is 6. The van der Waals surface area contributed by atoms with Crippen LogP contribution in [0.25, 0.3) is 0 Å². The van der Waals surface area contributed by atoms with E-state index in [1.165, 1.54) is 24.0 Å². The first-order chi connectivity index (χ1) is 12.0. The lowest BCUT2D eigenvalue weighted by molar-refractivity contribution is 0.0733. The number of fused-ring (bicyclic) bond motifs is 3. The Labute approximate surface area is 151 Å². The minimum Gasteiger partial charge on any atom is -0.493 e. The van der Waals surface area contributed by atoms with E-state index in [0.29, 0.717) is 18.4 Å². The molecule has 2 heterocycles. The quantitative estimate of drug-likeness (QED) is 0.737. The summed E-state index contributed by atoms with van der Waals surface area (Å²) in [6, 6.07) is 4.82. The van der Waals surface area contributed by atoms with Crippen molar-refractivity contribution in [1.82, 2.24) is 4.90 Å². The maximum atomic E-state index is 12.8. The van der Waals surface area contributed by atoms with Crippen LogP contribution in [0, 0.1) is 11.3 Å². The van der Waals surface area contributed by atoms with Crippen molar-refractivity contribution in [3.05, 3.63) is 23.3 Å². The second-order valence-electron chi connectivity index (χ2n) is 8.42. The van der Waals surface area contributed by atoms with Gasteiger partial charge >= 0.3 is 0 Å². The zero-order valence-electron chi connectivity index (χ0n) is 16.1. The summed E-state index contributed by atoms with van der Waals surface area (Å²) in [7, 11) is 3.40. The van der Waals surface area contributed by atoms with Crippen molar-refractivity contribution in [2.24, 2.45) is 11.3 Å². The van der Waals surface area contributed by atoms with Crippen LogP contribution in [0.2, 0.25) is 0 Å². The highest BCUT2D eigenvalue weighted by Gasteiger charge is 2.36. The van der Waals surface area contributed by atoms with E-state index < -0.39 is 0 Å². The molecule has 3 nitrogen and oxygen atoms in total. The molecule has 4 heteroatoms. The second-order valence-corrected chi connectivity index (χ2v) is 8.42. The van der Waals surface area contributed by atoms with Gasteiger partial charge in [-0.3, -0.25) is 9.29 Å². The van der Waals surface area contributed by atoms with Crippen LogP contribution < -0.4 is 9.47 Å². The van der Waals surface area contributed by atoms with Gasteiger partial charge in [-0.25, -0.2) is 0 Å². The zero-order chi connectivity index (χ0) is 18.0. The van der Waals surface area contributed by atoms with Gasteiger partial charge in [0, 0.05) is 19.1 Å².